The predicted octanol–water partition coefficient (Wildman–Crippen LogP) is 1.87. The third-order valence-electron chi connectivity index (χ3n) is 2.91. The van der Waals surface area contributed by atoms with E-state index in [0.717, 1.165) is 22.5 Å². The van der Waals surface area contributed by atoms with E-state index in [-0.39, 0.29) is 5.91 Å². The summed E-state index contributed by atoms with van der Waals surface area (Å²) in [6, 6.07) is 5.40. The molecule has 0 unspecified atom stereocenters. The van der Waals surface area contributed by atoms with Gasteiger partial charge in [-0.1, -0.05) is 0 Å². The Morgan fingerprint density at radius 1 is 1.33 bits per heavy atom. The van der Waals surface area contributed by atoms with Crippen molar-refractivity contribution in [1.29, 1.82) is 0 Å². The first-order chi connectivity index (χ1) is 8.49. The van der Waals surface area contributed by atoms with Gasteiger partial charge in [0, 0.05) is 24.6 Å². The predicted molar refractivity (Wildman–Crippen MR) is 71.5 cm³/mol. The summed E-state index contributed by atoms with van der Waals surface area (Å²) in [6.45, 7) is 3.82. The zero-order valence-electron chi connectivity index (χ0n) is 10.7. The van der Waals surface area contributed by atoms with Crippen molar-refractivity contribution in [2.45, 2.75) is 13.8 Å². The molecule has 0 spiro atoms. The van der Waals surface area contributed by atoms with Crippen molar-refractivity contribution in [2.75, 3.05) is 11.1 Å². The molecule has 18 heavy (non-hydrogen) atoms. The lowest BCUT2D eigenvalue weighted by molar-refractivity contribution is 0.101. The lowest BCUT2D eigenvalue weighted by Crippen LogP contribution is -2.17. The van der Waals surface area contributed by atoms with Gasteiger partial charge in [0.15, 0.2) is 0 Å². The van der Waals surface area contributed by atoms with Crippen LogP contribution in [0, 0.1) is 13.8 Å². The number of carbonyl (C=O) groups excluding carboxylic acids is 1. The first-order valence-electron chi connectivity index (χ1n) is 5.65. The first-order valence-corrected chi connectivity index (χ1v) is 5.65. The molecule has 3 N–H and O–H groups in total. The van der Waals surface area contributed by atoms with Gasteiger partial charge in [0.25, 0.3) is 5.91 Å². The monoisotopic (exact) mass is 244 g/mol. The average molecular weight is 244 g/mol. The number of rotatable bonds is 2. The van der Waals surface area contributed by atoms with Gasteiger partial charge in [0.2, 0.25) is 0 Å². The van der Waals surface area contributed by atoms with Crippen molar-refractivity contribution in [1.82, 2.24) is 9.78 Å². The highest BCUT2D eigenvalue weighted by atomic mass is 16.2. The Hall–Kier alpha value is -2.30. The molecular weight excluding hydrogens is 228 g/mol. The van der Waals surface area contributed by atoms with Crippen LogP contribution >= 0.6 is 0 Å². The quantitative estimate of drug-likeness (QED) is 0.792. The van der Waals surface area contributed by atoms with Crippen LogP contribution in [0.4, 0.5) is 11.4 Å². The van der Waals surface area contributed by atoms with Crippen LogP contribution in [0.25, 0.3) is 0 Å². The smallest absolute Gasteiger partial charge is 0.273 e. The van der Waals surface area contributed by atoms with Gasteiger partial charge in [-0.2, -0.15) is 5.10 Å². The van der Waals surface area contributed by atoms with E-state index in [4.69, 9.17) is 5.73 Å². The number of nitrogens with zero attached hydrogens (tertiary/aromatic N) is 2. The number of nitrogens with one attached hydrogen (secondary N) is 1. The fourth-order valence-corrected chi connectivity index (χ4v) is 1.76. The topological polar surface area (TPSA) is 72.9 Å². The molecule has 5 nitrogen and oxygen atoms in total. The van der Waals surface area contributed by atoms with Gasteiger partial charge >= 0.3 is 0 Å². The molecule has 2 rings (SSSR count). The fourth-order valence-electron chi connectivity index (χ4n) is 1.76. The van der Waals surface area contributed by atoms with Crippen molar-refractivity contribution in [3.05, 3.63) is 41.2 Å². The standard InChI is InChI=1S/C13H16N4O/c1-8-7-11(9(2)6-10(8)14)16-13(18)12-4-5-15-17(12)3/h4-7H,14H2,1-3H3,(H,16,18). The van der Waals surface area contributed by atoms with Crippen molar-refractivity contribution < 1.29 is 4.79 Å². The average Bonchev–Trinajstić information content (AvgIpc) is 2.72. The summed E-state index contributed by atoms with van der Waals surface area (Å²) in [5, 5.41) is 6.84. The van der Waals surface area contributed by atoms with Gasteiger partial charge in [-0.25, -0.2) is 0 Å². The Morgan fingerprint density at radius 2 is 2.06 bits per heavy atom. The molecule has 1 aromatic carbocycles. The van der Waals surface area contributed by atoms with Crippen LogP contribution in [0.5, 0.6) is 0 Å². The summed E-state index contributed by atoms with van der Waals surface area (Å²) in [7, 11) is 1.73. The van der Waals surface area contributed by atoms with E-state index < -0.39 is 0 Å². The SMILES string of the molecule is Cc1cc(NC(=O)c2ccnn2C)c(C)cc1N. The molecule has 0 aliphatic heterocycles. The highest BCUT2D eigenvalue weighted by Crippen LogP contribution is 2.22. The molecule has 2 aromatic rings. The second-order valence-electron chi connectivity index (χ2n) is 4.32. The third kappa shape index (κ3) is 2.20. The number of benzene rings is 1. The Labute approximate surface area is 106 Å². The summed E-state index contributed by atoms with van der Waals surface area (Å²) in [6.07, 6.45) is 1.59. The number of nitrogen functional groups attached to an aromatic ring is 1. The van der Waals surface area contributed by atoms with E-state index in [9.17, 15) is 4.79 Å². The Bertz CT molecular complexity index is 601. The molecule has 1 aromatic heterocycles. The second-order valence-corrected chi connectivity index (χ2v) is 4.32. The van der Waals surface area contributed by atoms with Crippen molar-refractivity contribution in [2.24, 2.45) is 7.05 Å². The lowest BCUT2D eigenvalue weighted by atomic mass is 10.1. The van der Waals surface area contributed by atoms with Gasteiger partial charge in [-0.05, 0) is 43.2 Å². The zero-order chi connectivity index (χ0) is 13.3. The largest absolute Gasteiger partial charge is 0.399 e. The molecule has 0 bridgehead atoms. The molecule has 94 valence electrons. The van der Waals surface area contributed by atoms with Gasteiger partial charge in [0.1, 0.15) is 5.69 Å². The number of aryl methyl sites for hydroxylation is 3. The van der Waals surface area contributed by atoms with Crippen LogP contribution < -0.4 is 11.1 Å². The van der Waals surface area contributed by atoms with Gasteiger partial charge in [0.05, 0.1) is 0 Å². The highest BCUT2D eigenvalue weighted by Gasteiger charge is 2.11. The lowest BCUT2D eigenvalue weighted by Gasteiger charge is -2.11. The summed E-state index contributed by atoms with van der Waals surface area (Å²) in [5.41, 5.74) is 9.71. The molecule has 0 aliphatic rings. The second kappa shape index (κ2) is 4.52. The Morgan fingerprint density at radius 3 is 2.67 bits per heavy atom. The van der Waals surface area contributed by atoms with Crippen LogP contribution in [-0.2, 0) is 7.05 Å². The fraction of sp³-hybridized carbons (Fsp3) is 0.231. The maximum absolute atomic E-state index is 12.0. The van der Waals surface area contributed by atoms with Gasteiger partial charge in [-0.3, -0.25) is 9.48 Å². The summed E-state index contributed by atoms with van der Waals surface area (Å²) in [5.74, 6) is -0.178. The summed E-state index contributed by atoms with van der Waals surface area (Å²) >= 11 is 0. The van der Waals surface area contributed by atoms with E-state index in [0.29, 0.717) is 5.69 Å². The normalized spacial score (nSPS) is 10.4. The van der Waals surface area contributed by atoms with E-state index in [1.807, 2.05) is 26.0 Å². The van der Waals surface area contributed by atoms with Crippen LogP contribution in [-0.4, -0.2) is 15.7 Å². The van der Waals surface area contributed by atoms with Crippen LogP contribution in [0.2, 0.25) is 0 Å². The van der Waals surface area contributed by atoms with E-state index in [1.165, 1.54) is 4.68 Å². The molecule has 0 radical (unpaired) electrons. The van der Waals surface area contributed by atoms with Crippen molar-refractivity contribution in [3.63, 3.8) is 0 Å². The van der Waals surface area contributed by atoms with E-state index in [1.54, 1.807) is 19.3 Å². The van der Waals surface area contributed by atoms with Crippen molar-refractivity contribution >= 4 is 17.3 Å². The first kappa shape index (κ1) is 12.2. The van der Waals surface area contributed by atoms with Crippen LogP contribution in [0.15, 0.2) is 24.4 Å². The van der Waals surface area contributed by atoms with Crippen LogP contribution in [0.3, 0.4) is 0 Å². The number of hydrogen-bond acceptors (Lipinski definition) is 3. The molecule has 5 heteroatoms. The molecule has 0 saturated carbocycles. The molecular formula is C13H16N4O. The number of amides is 1. The maximum atomic E-state index is 12.0. The molecule has 0 aliphatic carbocycles. The number of anilines is 2. The minimum Gasteiger partial charge on any atom is -0.399 e. The van der Waals surface area contributed by atoms with E-state index >= 15 is 0 Å². The highest BCUT2D eigenvalue weighted by molar-refractivity contribution is 6.03. The minimum atomic E-state index is -0.178. The maximum Gasteiger partial charge on any atom is 0.273 e. The number of nitrogens with two attached hydrogens (primary N) is 1. The number of carbonyl (C=O) groups is 1. The van der Waals surface area contributed by atoms with Gasteiger partial charge < -0.3 is 11.1 Å². The van der Waals surface area contributed by atoms with Crippen molar-refractivity contribution in [3.8, 4) is 0 Å². The van der Waals surface area contributed by atoms with E-state index in [2.05, 4.69) is 10.4 Å². The molecule has 1 amide bonds. The third-order valence-corrected chi connectivity index (χ3v) is 2.91. The van der Waals surface area contributed by atoms with Crippen LogP contribution in [0.1, 0.15) is 21.6 Å². The Kier molecular flexibility index (Phi) is 3.06. The zero-order valence-corrected chi connectivity index (χ0v) is 10.7. The Balaban J connectivity index is 2.28. The molecule has 0 atom stereocenters. The minimum absolute atomic E-state index is 0.178. The molecule has 0 fully saturated rings. The number of hydrogen-bond donors (Lipinski definition) is 2. The number of aromatic nitrogens is 2. The van der Waals surface area contributed by atoms with Gasteiger partial charge in [-0.15, -0.1) is 0 Å². The summed E-state index contributed by atoms with van der Waals surface area (Å²) < 4.78 is 1.54. The molecule has 1 heterocycles. The molecule has 0 saturated heterocycles. The summed E-state index contributed by atoms with van der Waals surface area (Å²) in [4.78, 5) is 12.0.